The van der Waals surface area contributed by atoms with Crippen molar-refractivity contribution in [3.8, 4) is 0 Å². The molecule has 3 rings (SSSR count). The van der Waals surface area contributed by atoms with Crippen LogP contribution in [0.3, 0.4) is 0 Å². The third-order valence-corrected chi connectivity index (χ3v) is 4.98. The van der Waals surface area contributed by atoms with Gasteiger partial charge in [-0.1, -0.05) is 18.2 Å². The lowest BCUT2D eigenvalue weighted by Crippen LogP contribution is -2.44. The molecule has 22 heavy (non-hydrogen) atoms. The molecule has 4 nitrogen and oxygen atoms in total. The van der Waals surface area contributed by atoms with Crippen molar-refractivity contribution in [3.05, 3.63) is 35.6 Å². The molecule has 2 fully saturated rings. The van der Waals surface area contributed by atoms with Gasteiger partial charge in [0.1, 0.15) is 11.9 Å². The summed E-state index contributed by atoms with van der Waals surface area (Å²) in [6.45, 7) is 0. The van der Waals surface area contributed by atoms with Crippen LogP contribution in [0.2, 0.25) is 0 Å². The summed E-state index contributed by atoms with van der Waals surface area (Å²) in [6.07, 6.45) is 2.45. The fourth-order valence-corrected chi connectivity index (χ4v) is 3.66. The van der Waals surface area contributed by atoms with E-state index < -0.39 is 17.9 Å². The molecule has 1 aromatic carbocycles. The summed E-state index contributed by atoms with van der Waals surface area (Å²) in [5.74, 6) is -1.05. The molecule has 4 atom stereocenters. The number of fused-ring (bicyclic) bond motifs is 2. The number of nitrogens with zero attached hydrogens (tertiary/aromatic N) is 1. The predicted octanol–water partition coefficient (Wildman–Crippen LogP) is 1.90. The zero-order chi connectivity index (χ0) is 15.7. The van der Waals surface area contributed by atoms with Crippen LogP contribution in [0.25, 0.3) is 0 Å². The average molecular weight is 307 g/mol. The summed E-state index contributed by atoms with van der Waals surface area (Å²) < 4.78 is 19.0. The van der Waals surface area contributed by atoms with Crippen LogP contribution in [-0.4, -0.2) is 47.3 Å². The number of ether oxygens (including phenoxy) is 1. The van der Waals surface area contributed by atoms with Crippen molar-refractivity contribution in [2.24, 2.45) is 0 Å². The molecular weight excluding hydrogens is 285 g/mol. The van der Waals surface area contributed by atoms with Gasteiger partial charge in [0.2, 0.25) is 0 Å². The molecule has 0 radical (unpaired) electrons. The molecule has 2 aliphatic rings. The van der Waals surface area contributed by atoms with E-state index in [9.17, 15) is 14.3 Å². The van der Waals surface area contributed by atoms with E-state index in [0.717, 1.165) is 25.7 Å². The number of aliphatic hydroxyl groups is 1. The monoisotopic (exact) mass is 307 g/mol. The number of piperidine rings is 1. The lowest BCUT2D eigenvalue weighted by atomic mass is 10.0. The summed E-state index contributed by atoms with van der Waals surface area (Å²) in [5, 5.41) is 9.97. The molecule has 0 amide bonds. The fraction of sp³-hybridized carbons (Fsp3) is 0.588. The van der Waals surface area contributed by atoms with Gasteiger partial charge in [-0.3, -0.25) is 0 Å². The topological polar surface area (TPSA) is 49.8 Å². The zero-order valence-electron chi connectivity index (χ0n) is 12.7. The maximum atomic E-state index is 13.6. The van der Waals surface area contributed by atoms with E-state index in [0.29, 0.717) is 17.6 Å². The van der Waals surface area contributed by atoms with E-state index in [4.69, 9.17) is 4.74 Å². The fourth-order valence-electron chi connectivity index (χ4n) is 3.66. The Morgan fingerprint density at radius 2 is 2.00 bits per heavy atom. The summed E-state index contributed by atoms with van der Waals surface area (Å²) in [5.41, 5.74) is 0.329. The van der Waals surface area contributed by atoms with Crippen molar-refractivity contribution in [2.45, 2.75) is 56.4 Å². The minimum Gasteiger partial charge on any atom is -0.460 e. The molecular formula is C17H22FNO3. The number of carbonyl (C=O) groups is 1. The van der Waals surface area contributed by atoms with E-state index in [1.165, 1.54) is 6.07 Å². The molecule has 2 saturated heterocycles. The molecule has 0 saturated carbocycles. The van der Waals surface area contributed by atoms with Crippen molar-refractivity contribution in [1.29, 1.82) is 0 Å². The summed E-state index contributed by atoms with van der Waals surface area (Å²) in [6, 6.07) is 7.10. The Morgan fingerprint density at radius 3 is 2.64 bits per heavy atom. The molecule has 5 heteroatoms. The highest BCUT2D eigenvalue weighted by Gasteiger charge is 2.40. The minimum absolute atomic E-state index is 0.0506. The Hall–Kier alpha value is -1.46. The van der Waals surface area contributed by atoms with E-state index in [2.05, 4.69) is 11.9 Å². The van der Waals surface area contributed by atoms with Gasteiger partial charge in [0.15, 0.2) is 6.10 Å². The molecule has 0 spiro atoms. The Kier molecular flexibility index (Phi) is 4.45. The van der Waals surface area contributed by atoms with E-state index in [1.807, 2.05) is 0 Å². The maximum Gasteiger partial charge on any atom is 0.335 e. The maximum absolute atomic E-state index is 13.6. The highest BCUT2D eigenvalue weighted by molar-refractivity contribution is 5.75. The first-order valence-electron chi connectivity index (χ1n) is 7.88. The first kappa shape index (κ1) is 15.4. The Balaban J connectivity index is 1.55. The predicted molar refractivity (Wildman–Crippen MR) is 79.8 cm³/mol. The highest BCUT2D eigenvalue weighted by atomic mass is 19.1. The SMILES string of the molecule is CN1[C@@H]2CC[C@H]1CC(OC(=O)C(O)Cc1ccccc1F)C2. The third-order valence-electron chi connectivity index (χ3n) is 4.98. The van der Waals surface area contributed by atoms with E-state index in [-0.39, 0.29) is 12.5 Å². The number of aliphatic hydroxyl groups excluding tert-OH is 1. The van der Waals surface area contributed by atoms with Crippen LogP contribution in [0.15, 0.2) is 24.3 Å². The quantitative estimate of drug-likeness (QED) is 0.863. The van der Waals surface area contributed by atoms with Crippen LogP contribution in [0, 0.1) is 5.82 Å². The Labute approximate surface area is 129 Å². The molecule has 2 aliphatic heterocycles. The molecule has 0 aliphatic carbocycles. The van der Waals surface area contributed by atoms with E-state index in [1.54, 1.807) is 18.2 Å². The lowest BCUT2D eigenvalue weighted by molar-refractivity contribution is -0.162. The summed E-state index contributed by atoms with van der Waals surface area (Å²) in [7, 11) is 2.12. The van der Waals surface area contributed by atoms with Gasteiger partial charge in [0.25, 0.3) is 0 Å². The Morgan fingerprint density at radius 1 is 1.36 bits per heavy atom. The van der Waals surface area contributed by atoms with Crippen LogP contribution < -0.4 is 0 Å². The first-order chi connectivity index (χ1) is 10.5. The zero-order valence-corrected chi connectivity index (χ0v) is 12.7. The van der Waals surface area contributed by atoms with Gasteiger partial charge in [-0.15, -0.1) is 0 Å². The number of carbonyl (C=O) groups excluding carboxylic acids is 1. The second-order valence-corrected chi connectivity index (χ2v) is 6.39. The van der Waals surface area contributed by atoms with E-state index >= 15 is 0 Å². The van der Waals surface area contributed by atoms with Gasteiger partial charge in [-0.25, -0.2) is 9.18 Å². The summed E-state index contributed by atoms with van der Waals surface area (Å²) >= 11 is 0. The van der Waals surface area contributed by atoms with Crippen LogP contribution >= 0.6 is 0 Å². The molecule has 0 aromatic heterocycles. The van der Waals surface area contributed by atoms with Crippen molar-refractivity contribution in [2.75, 3.05) is 7.05 Å². The van der Waals surface area contributed by atoms with Gasteiger partial charge in [-0.2, -0.15) is 0 Å². The highest BCUT2D eigenvalue weighted by Crippen LogP contribution is 2.35. The number of hydrogen-bond acceptors (Lipinski definition) is 4. The number of benzene rings is 1. The van der Waals surface area contributed by atoms with Crippen LogP contribution in [0.1, 0.15) is 31.2 Å². The molecule has 2 bridgehead atoms. The number of rotatable bonds is 4. The van der Waals surface area contributed by atoms with Gasteiger partial charge in [0.05, 0.1) is 0 Å². The molecule has 1 N–H and O–H groups in total. The molecule has 1 aromatic rings. The van der Waals surface area contributed by atoms with Crippen molar-refractivity contribution < 1.29 is 19.0 Å². The van der Waals surface area contributed by atoms with Crippen LogP contribution in [0.4, 0.5) is 4.39 Å². The van der Waals surface area contributed by atoms with Gasteiger partial charge < -0.3 is 14.7 Å². The van der Waals surface area contributed by atoms with Crippen LogP contribution in [-0.2, 0) is 16.0 Å². The normalized spacial score (nSPS) is 29.3. The standard InChI is InChI=1S/C17H22FNO3/c1-19-12-6-7-13(19)10-14(9-12)22-17(21)16(20)8-11-4-2-3-5-15(11)18/h2-5,12-14,16,20H,6-10H2,1H3/t12-,13+,14?,16?. The average Bonchev–Trinajstić information content (AvgIpc) is 2.72. The second-order valence-electron chi connectivity index (χ2n) is 6.39. The lowest BCUT2D eigenvalue weighted by Gasteiger charge is -2.36. The molecule has 2 heterocycles. The smallest absolute Gasteiger partial charge is 0.335 e. The minimum atomic E-state index is -1.31. The summed E-state index contributed by atoms with van der Waals surface area (Å²) in [4.78, 5) is 14.4. The number of hydrogen-bond donors (Lipinski definition) is 1. The first-order valence-corrected chi connectivity index (χ1v) is 7.88. The third kappa shape index (κ3) is 3.15. The molecule has 2 unspecified atom stereocenters. The van der Waals surface area contributed by atoms with Gasteiger partial charge >= 0.3 is 5.97 Å². The largest absolute Gasteiger partial charge is 0.460 e. The van der Waals surface area contributed by atoms with Crippen molar-refractivity contribution in [3.63, 3.8) is 0 Å². The van der Waals surface area contributed by atoms with Gasteiger partial charge in [0, 0.05) is 18.5 Å². The van der Waals surface area contributed by atoms with Crippen LogP contribution in [0.5, 0.6) is 0 Å². The second kappa shape index (κ2) is 6.34. The Bertz CT molecular complexity index is 536. The van der Waals surface area contributed by atoms with Gasteiger partial charge in [-0.05, 0) is 44.4 Å². The molecule has 120 valence electrons. The van der Waals surface area contributed by atoms with Crippen molar-refractivity contribution in [1.82, 2.24) is 4.90 Å². The number of halogens is 1. The van der Waals surface area contributed by atoms with Crippen molar-refractivity contribution >= 4 is 5.97 Å². The number of esters is 1.